The monoisotopic (exact) mass is 274 g/mol. The lowest BCUT2D eigenvalue weighted by Gasteiger charge is -2.31. The number of carbonyl (C=O) groups is 1. The highest BCUT2D eigenvalue weighted by Gasteiger charge is 2.28. The maximum absolute atomic E-state index is 11.7. The van der Waals surface area contributed by atoms with E-state index < -0.39 is 0 Å². The summed E-state index contributed by atoms with van der Waals surface area (Å²) in [6.45, 7) is 4.16. The zero-order chi connectivity index (χ0) is 13.4. The minimum atomic E-state index is -0.320. The van der Waals surface area contributed by atoms with Crippen molar-refractivity contribution in [1.29, 1.82) is 0 Å². The number of ether oxygens (including phenoxy) is 2. The van der Waals surface area contributed by atoms with Crippen LogP contribution in [0, 0.1) is 0 Å². The van der Waals surface area contributed by atoms with Crippen LogP contribution < -0.4 is 0 Å². The van der Waals surface area contributed by atoms with Gasteiger partial charge in [0.2, 0.25) is 0 Å². The number of nitrogens with zero attached hydrogens (tertiary/aromatic N) is 2. The molecule has 6 heteroatoms. The molecule has 0 bridgehead atoms. The predicted octanol–water partition coefficient (Wildman–Crippen LogP) is 1.32. The van der Waals surface area contributed by atoms with Crippen LogP contribution in [0.1, 0.15) is 13.3 Å². The molecule has 0 aromatic carbocycles. The Balaban J connectivity index is 2.48. The molecule has 0 saturated heterocycles. The second-order valence-corrected chi connectivity index (χ2v) is 4.90. The molecule has 1 unspecified atom stereocenters. The molecule has 0 radical (unpaired) electrons. The Kier molecular flexibility index (Phi) is 6.97. The topological polar surface area (TPSA) is 42.0 Å². The summed E-state index contributed by atoms with van der Waals surface area (Å²) < 4.78 is 10.6. The molecule has 0 amide bonds. The summed E-state index contributed by atoms with van der Waals surface area (Å²) in [6.07, 6.45) is 6.00. The molecule has 1 rings (SSSR count). The zero-order valence-corrected chi connectivity index (χ0v) is 12.1. The first-order valence-electron chi connectivity index (χ1n) is 6.10. The third kappa shape index (κ3) is 4.42. The summed E-state index contributed by atoms with van der Waals surface area (Å²) >= 11 is 1.65. The van der Waals surface area contributed by atoms with E-state index in [0.717, 1.165) is 12.3 Å². The Morgan fingerprint density at radius 2 is 2.11 bits per heavy atom. The third-order valence-corrected chi connectivity index (χ3v) is 3.30. The Morgan fingerprint density at radius 3 is 2.72 bits per heavy atom. The van der Waals surface area contributed by atoms with E-state index in [1.165, 1.54) is 0 Å². The number of esters is 1. The first-order valence-corrected chi connectivity index (χ1v) is 7.49. The number of thioether (sulfide) groups is 1. The number of hydrogen-bond donors (Lipinski definition) is 0. The SMILES string of the molecule is CCN1C=CN(CCOC)C1OC(=O)CCSC. The van der Waals surface area contributed by atoms with Crippen molar-refractivity contribution >= 4 is 17.7 Å². The van der Waals surface area contributed by atoms with E-state index in [-0.39, 0.29) is 12.3 Å². The van der Waals surface area contributed by atoms with E-state index in [2.05, 4.69) is 0 Å². The summed E-state index contributed by atoms with van der Waals surface area (Å²) in [5.74, 6) is 0.641. The van der Waals surface area contributed by atoms with Gasteiger partial charge >= 0.3 is 5.97 Å². The second-order valence-electron chi connectivity index (χ2n) is 3.92. The van der Waals surface area contributed by atoms with E-state index in [1.807, 2.05) is 35.4 Å². The number of hydrogen-bond acceptors (Lipinski definition) is 6. The zero-order valence-electron chi connectivity index (χ0n) is 11.3. The van der Waals surface area contributed by atoms with Gasteiger partial charge in [-0.15, -0.1) is 0 Å². The summed E-state index contributed by atoms with van der Waals surface area (Å²) in [5, 5.41) is 0. The Morgan fingerprint density at radius 1 is 1.39 bits per heavy atom. The van der Waals surface area contributed by atoms with Crippen LogP contribution >= 0.6 is 11.8 Å². The Labute approximate surface area is 113 Å². The summed E-state index contributed by atoms with van der Waals surface area (Å²) in [5.41, 5.74) is 0. The molecule has 1 aliphatic rings. The summed E-state index contributed by atoms with van der Waals surface area (Å²) in [4.78, 5) is 15.7. The Hall–Kier alpha value is -0.880. The number of carbonyl (C=O) groups excluding carboxylic acids is 1. The van der Waals surface area contributed by atoms with Gasteiger partial charge in [-0.1, -0.05) is 0 Å². The molecule has 5 nitrogen and oxygen atoms in total. The van der Waals surface area contributed by atoms with Crippen LogP contribution in [0.15, 0.2) is 12.4 Å². The van der Waals surface area contributed by atoms with Crippen LogP contribution in [0.3, 0.4) is 0 Å². The molecule has 1 heterocycles. The Bertz CT molecular complexity index is 286. The van der Waals surface area contributed by atoms with Crippen molar-refractivity contribution in [3.05, 3.63) is 12.4 Å². The highest BCUT2D eigenvalue weighted by atomic mass is 32.2. The number of rotatable bonds is 8. The maximum Gasteiger partial charge on any atom is 0.309 e. The van der Waals surface area contributed by atoms with Gasteiger partial charge in [-0.2, -0.15) is 11.8 Å². The van der Waals surface area contributed by atoms with Gasteiger partial charge in [-0.3, -0.25) is 4.79 Å². The minimum absolute atomic E-state index is 0.154. The van der Waals surface area contributed by atoms with Crippen molar-refractivity contribution in [1.82, 2.24) is 9.80 Å². The molecular weight excluding hydrogens is 252 g/mol. The number of methoxy groups -OCH3 is 1. The molecule has 104 valence electrons. The molecule has 0 saturated carbocycles. The van der Waals surface area contributed by atoms with Gasteiger partial charge in [0.25, 0.3) is 6.35 Å². The van der Waals surface area contributed by atoms with Gasteiger partial charge in [0, 0.05) is 38.4 Å². The van der Waals surface area contributed by atoms with Crippen LogP contribution in [0.5, 0.6) is 0 Å². The lowest BCUT2D eigenvalue weighted by Crippen LogP contribution is -2.43. The van der Waals surface area contributed by atoms with Gasteiger partial charge in [-0.05, 0) is 13.2 Å². The fraction of sp³-hybridized carbons (Fsp3) is 0.750. The van der Waals surface area contributed by atoms with Crippen molar-refractivity contribution in [2.45, 2.75) is 19.7 Å². The van der Waals surface area contributed by atoms with Gasteiger partial charge in [-0.25, -0.2) is 0 Å². The van der Waals surface area contributed by atoms with E-state index >= 15 is 0 Å². The van der Waals surface area contributed by atoms with E-state index in [9.17, 15) is 4.79 Å². The van der Waals surface area contributed by atoms with E-state index in [4.69, 9.17) is 9.47 Å². The molecule has 0 aromatic rings. The van der Waals surface area contributed by atoms with Crippen molar-refractivity contribution in [2.75, 3.05) is 38.8 Å². The van der Waals surface area contributed by atoms with Gasteiger partial charge in [0.05, 0.1) is 13.0 Å². The second kappa shape index (κ2) is 8.26. The largest absolute Gasteiger partial charge is 0.422 e. The van der Waals surface area contributed by atoms with Crippen molar-refractivity contribution < 1.29 is 14.3 Å². The molecular formula is C12H22N2O3S. The fourth-order valence-corrected chi connectivity index (χ4v) is 2.02. The molecule has 1 atom stereocenters. The molecule has 18 heavy (non-hydrogen) atoms. The summed E-state index contributed by atoms with van der Waals surface area (Å²) in [7, 11) is 1.66. The average Bonchev–Trinajstić information content (AvgIpc) is 2.76. The predicted molar refractivity (Wildman–Crippen MR) is 73.0 cm³/mol. The maximum atomic E-state index is 11.7. The van der Waals surface area contributed by atoms with Crippen LogP contribution in [0.2, 0.25) is 0 Å². The minimum Gasteiger partial charge on any atom is -0.422 e. The molecule has 0 aromatic heterocycles. The molecule has 0 spiro atoms. The van der Waals surface area contributed by atoms with Crippen LogP contribution in [-0.4, -0.2) is 60.9 Å². The van der Waals surface area contributed by atoms with Crippen LogP contribution in [0.4, 0.5) is 0 Å². The van der Waals surface area contributed by atoms with Crippen molar-refractivity contribution in [2.24, 2.45) is 0 Å². The summed E-state index contributed by atoms with van der Waals surface area (Å²) in [6, 6.07) is 0. The molecule has 0 N–H and O–H groups in total. The smallest absolute Gasteiger partial charge is 0.309 e. The molecule has 1 aliphatic heterocycles. The molecule has 0 fully saturated rings. The van der Waals surface area contributed by atoms with Gasteiger partial charge < -0.3 is 19.3 Å². The van der Waals surface area contributed by atoms with Crippen molar-refractivity contribution in [3.8, 4) is 0 Å². The van der Waals surface area contributed by atoms with Gasteiger partial charge in [0.1, 0.15) is 0 Å². The van der Waals surface area contributed by atoms with Crippen LogP contribution in [0.25, 0.3) is 0 Å². The van der Waals surface area contributed by atoms with E-state index in [1.54, 1.807) is 18.9 Å². The first kappa shape index (κ1) is 15.2. The highest BCUT2D eigenvalue weighted by Crippen LogP contribution is 2.17. The lowest BCUT2D eigenvalue weighted by molar-refractivity contribution is -0.168. The quantitative estimate of drug-likeness (QED) is 0.622. The average molecular weight is 274 g/mol. The highest BCUT2D eigenvalue weighted by molar-refractivity contribution is 7.98. The van der Waals surface area contributed by atoms with Crippen molar-refractivity contribution in [3.63, 3.8) is 0 Å². The standard InChI is InChI=1S/C12H22N2O3S/c1-4-13-6-7-14(8-9-16-2)12(13)17-11(15)5-10-18-3/h6-7,12H,4-5,8-10H2,1-3H3. The fourth-order valence-electron chi connectivity index (χ4n) is 1.65. The normalized spacial score (nSPS) is 18.5. The van der Waals surface area contributed by atoms with E-state index in [0.29, 0.717) is 19.6 Å². The lowest BCUT2D eigenvalue weighted by atomic mass is 10.5. The first-order chi connectivity index (χ1) is 8.72. The van der Waals surface area contributed by atoms with Gasteiger partial charge in [0.15, 0.2) is 0 Å². The van der Waals surface area contributed by atoms with Crippen LogP contribution in [-0.2, 0) is 14.3 Å². The third-order valence-electron chi connectivity index (χ3n) is 2.68. The molecule has 0 aliphatic carbocycles.